The van der Waals surface area contributed by atoms with Crippen molar-refractivity contribution in [1.29, 1.82) is 0 Å². The molecule has 0 fully saturated rings. The molecule has 126 valence electrons. The molecular weight excluding hydrogens is 435 g/mol. The third-order valence-corrected chi connectivity index (χ3v) is 6.14. The smallest absolute Gasteiger partial charge is 0.352 e. The Hall–Kier alpha value is -1.08. The van der Waals surface area contributed by atoms with E-state index in [-0.39, 0.29) is 17.7 Å². The number of rotatable bonds is 4. The highest BCUT2D eigenvalue weighted by atomic mass is 79.9. The van der Waals surface area contributed by atoms with Gasteiger partial charge in [0.25, 0.3) is 0 Å². The summed E-state index contributed by atoms with van der Waals surface area (Å²) in [7, 11) is 0. The quantitative estimate of drug-likeness (QED) is 0.639. The van der Waals surface area contributed by atoms with Crippen LogP contribution in [0.25, 0.3) is 0 Å². The second kappa shape index (κ2) is 7.04. The SMILES string of the molecule is CC[C@H]1C(C(=O)O)=NN(c2ccc(Cl)cc2Cl)[C@@H]1c1ccc(Br)s1. The molecule has 2 heterocycles. The normalized spacial score (nSPS) is 20.3. The number of halogens is 3. The number of aliphatic carboxylic acids is 1. The summed E-state index contributed by atoms with van der Waals surface area (Å²) >= 11 is 17.3. The van der Waals surface area contributed by atoms with Gasteiger partial charge in [-0.2, -0.15) is 5.10 Å². The molecule has 2 aromatic rings. The van der Waals surface area contributed by atoms with Gasteiger partial charge in [-0.15, -0.1) is 11.3 Å². The van der Waals surface area contributed by atoms with Crippen LogP contribution in [-0.2, 0) is 4.79 Å². The number of carboxylic acid groups (broad SMARTS) is 1. The first-order valence-corrected chi connectivity index (χ1v) is 9.60. The number of hydrazone groups is 1. The maximum atomic E-state index is 11.7. The zero-order chi connectivity index (χ0) is 17.4. The molecule has 1 aromatic heterocycles. The lowest BCUT2D eigenvalue weighted by atomic mass is 9.91. The van der Waals surface area contributed by atoms with Crippen LogP contribution in [0.15, 0.2) is 39.2 Å². The minimum atomic E-state index is -1.00. The van der Waals surface area contributed by atoms with Crippen LogP contribution in [0, 0.1) is 5.92 Å². The number of hydrogen-bond acceptors (Lipinski definition) is 4. The van der Waals surface area contributed by atoms with E-state index in [0.29, 0.717) is 22.2 Å². The minimum absolute atomic E-state index is 0.151. The van der Waals surface area contributed by atoms with Crippen molar-refractivity contribution in [2.24, 2.45) is 11.0 Å². The zero-order valence-electron chi connectivity index (χ0n) is 12.5. The number of carboxylic acids is 1. The lowest BCUT2D eigenvalue weighted by molar-refractivity contribution is -0.129. The van der Waals surface area contributed by atoms with E-state index in [2.05, 4.69) is 21.0 Å². The molecule has 1 aliphatic rings. The van der Waals surface area contributed by atoms with Crippen LogP contribution in [0.3, 0.4) is 0 Å². The highest BCUT2D eigenvalue weighted by Crippen LogP contribution is 2.45. The fourth-order valence-electron chi connectivity index (χ4n) is 2.87. The van der Waals surface area contributed by atoms with Gasteiger partial charge in [-0.25, -0.2) is 4.79 Å². The van der Waals surface area contributed by atoms with Gasteiger partial charge in [-0.05, 0) is 52.7 Å². The molecular formula is C16H13BrCl2N2O2S. The monoisotopic (exact) mass is 446 g/mol. The van der Waals surface area contributed by atoms with Gasteiger partial charge in [0.15, 0.2) is 5.71 Å². The van der Waals surface area contributed by atoms with E-state index in [4.69, 9.17) is 23.2 Å². The van der Waals surface area contributed by atoms with Crippen molar-refractivity contribution in [3.63, 3.8) is 0 Å². The Kier molecular flexibility index (Phi) is 5.20. The Balaban J connectivity index is 2.13. The fraction of sp³-hybridized carbons (Fsp3) is 0.250. The maximum absolute atomic E-state index is 11.7. The topological polar surface area (TPSA) is 52.9 Å². The number of nitrogens with zero attached hydrogens (tertiary/aromatic N) is 2. The number of carbonyl (C=O) groups is 1. The molecule has 0 saturated heterocycles. The molecule has 2 atom stereocenters. The van der Waals surface area contributed by atoms with Crippen molar-refractivity contribution in [3.8, 4) is 0 Å². The van der Waals surface area contributed by atoms with E-state index in [9.17, 15) is 9.90 Å². The number of benzene rings is 1. The molecule has 0 spiro atoms. The Labute approximate surface area is 161 Å². The first-order chi connectivity index (χ1) is 11.4. The zero-order valence-corrected chi connectivity index (χ0v) is 16.5. The Morgan fingerprint density at radius 3 is 2.67 bits per heavy atom. The lowest BCUT2D eigenvalue weighted by Gasteiger charge is -2.27. The summed E-state index contributed by atoms with van der Waals surface area (Å²) in [4.78, 5) is 12.7. The molecule has 0 aliphatic carbocycles. The predicted octanol–water partition coefficient (Wildman–Crippen LogP) is 5.85. The fourth-order valence-corrected chi connectivity index (χ4v) is 4.94. The number of anilines is 1. The summed E-state index contributed by atoms with van der Waals surface area (Å²) in [6.45, 7) is 1.96. The van der Waals surface area contributed by atoms with E-state index in [1.807, 2.05) is 19.1 Å². The summed E-state index contributed by atoms with van der Waals surface area (Å²) in [5.74, 6) is -1.23. The summed E-state index contributed by atoms with van der Waals surface area (Å²) in [5.41, 5.74) is 0.795. The van der Waals surface area contributed by atoms with Crippen LogP contribution in [0.2, 0.25) is 10.0 Å². The Morgan fingerprint density at radius 1 is 1.38 bits per heavy atom. The lowest BCUT2D eigenvalue weighted by Crippen LogP contribution is -2.27. The van der Waals surface area contributed by atoms with Gasteiger partial charge in [-0.1, -0.05) is 30.1 Å². The minimum Gasteiger partial charge on any atom is -0.477 e. The van der Waals surface area contributed by atoms with Crippen LogP contribution in [0.4, 0.5) is 5.69 Å². The molecule has 24 heavy (non-hydrogen) atoms. The average molecular weight is 448 g/mol. The van der Waals surface area contributed by atoms with E-state index >= 15 is 0 Å². The van der Waals surface area contributed by atoms with Gasteiger partial charge in [0, 0.05) is 15.8 Å². The Morgan fingerprint density at radius 2 is 2.12 bits per heavy atom. The molecule has 0 radical (unpaired) electrons. The molecule has 0 bridgehead atoms. The maximum Gasteiger partial charge on any atom is 0.352 e. The Bertz CT molecular complexity index is 824. The van der Waals surface area contributed by atoms with Crippen LogP contribution >= 0.6 is 50.5 Å². The molecule has 0 amide bonds. The second-order valence-electron chi connectivity index (χ2n) is 5.33. The first kappa shape index (κ1) is 17.7. The summed E-state index contributed by atoms with van der Waals surface area (Å²) in [6, 6.07) is 8.85. The third kappa shape index (κ3) is 3.20. The van der Waals surface area contributed by atoms with Gasteiger partial charge in [0.05, 0.1) is 20.5 Å². The van der Waals surface area contributed by atoms with Crippen LogP contribution in [0.5, 0.6) is 0 Å². The summed E-state index contributed by atoms with van der Waals surface area (Å²) < 4.78 is 0.985. The largest absolute Gasteiger partial charge is 0.477 e. The van der Waals surface area contributed by atoms with Crippen LogP contribution in [-0.4, -0.2) is 16.8 Å². The number of hydrogen-bond donors (Lipinski definition) is 1. The van der Waals surface area contributed by atoms with Crippen LogP contribution < -0.4 is 5.01 Å². The molecule has 4 nitrogen and oxygen atoms in total. The number of thiophene rings is 1. The van der Waals surface area contributed by atoms with Crippen molar-refractivity contribution in [3.05, 3.63) is 49.0 Å². The van der Waals surface area contributed by atoms with Gasteiger partial charge >= 0.3 is 5.97 Å². The molecule has 3 rings (SSSR count). The second-order valence-corrected chi connectivity index (χ2v) is 8.67. The predicted molar refractivity (Wildman–Crippen MR) is 103 cm³/mol. The summed E-state index contributed by atoms with van der Waals surface area (Å²) in [5, 5.41) is 16.6. The molecule has 0 unspecified atom stereocenters. The highest BCUT2D eigenvalue weighted by molar-refractivity contribution is 9.11. The van der Waals surface area contributed by atoms with E-state index in [0.717, 1.165) is 8.66 Å². The molecule has 1 aliphatic heterocycles. The van der Waals surface area contributed by atoms with Gasteiger partial charge < -0.3 is 5.11 Å². The van der Waals surface area contributed by atoms with Crippen molar-refractivity contribution in [2.45, 2.75) is 19.4 Å². The average Bonchev–Trinajstić information content (AvgIpc) is 3.10. The van der Waals surface area contributed by atoms with E-state index < -0.39 is 5.97 Å². The van der Waals surface area contributed by atoms with E-state index in [1.54, 1.807) is 34.5 Å². The van der Waals surface area contributed by atoms with E-state index in [1.165, 1.54) is 0 Å². The highest BCUT2D eigenvalue weighted by Gasteiger charge is 2.42. The standard InChI is InChI=1S/C16H13BrCl2N2O2S/c1-2-9-14(16(22)23)20-21(11-4-3-8(18)7-10(11)19)15(9)12-5-6-13(17)24-12/h3-7,9,15H,2H2,1H3,(H,22,23)/t9-,15-/m0/s1. The first-order valence-electron chi connectivity index (χ1n) is 7.23. The molecule has 0 saturated carbocycles. The third-order valence-electron chi connectivity index (χ3n) is 3.91. The van der Waals surface area contributed by atoms with Crippen molar-refractivity contribution < 1.29 is 9.90 Å². The summed E-state index contributed by atoms with van der Waals surface area (Å²) in [6.07, 6.45) is 0.660. The van der Waals surface area contributed by atoms with Crippen LogP contribution in [0.1, 0.15) is 24.3 Å². The van der Waals surface area contributed by atoms with Gasteiger partial charge in [-0.3, -0.25) is 5.01 Å². The van der Waals surface area contributed by atoms with Crippen molar-refractivity contribution >= 4 is 67.8 Å². The van der Waals surface area contributed by atoms with Gasteiger partial charge in [0.2, 0.25) is 0 Å². The molecule has 8 heteroatoms. The molecule has 1 aromatic carbocycles. The van der Waals surface area contributed by atoms with Crippen molar-refractivity contribution in [2.75, 3.05) is 5.01 Å². The van der Waals surface area contributed by atoms with Gasteiger partial charge in [0.1, 0.15) is 0 Å². The van der Waals surface area contributed by atoms with Crippen molar-refractivity contribution in [1.82, 2.24) is 0 Å². The molecule has 1 N–H and O–H groups in total.